The molecule has 1 unspecified atom stereocenters. The van der Waals surface area contributed by atoms with E-state index in [1.807, 2.05) is 0 Å². The SMILES string of the molecule is CCc1ccccc1NC(COC)C1CC1. The number of benzene rings is 1. The zero-order chi connectivity index (χ0) is 11.4. The minimum absolute atomic E-state index is 0.484. The first-order valence-corrected chi connectivity index (χ1v) is 6.18. The van der Waals surface area contributed by atoms with Gasteiger partial charge < -0.3 is 10.1 Å². The molecule has 88 valence electrons. The predicted octanol–water partition coefficient (Wildman–Crippen LogP) is 3.09. The van der Waals surface area contributed by atoms with Crippen LogP contribution < -0.4 is 5.32 Å². The molecule has 0 aromatic heterocycles. The first-order valence-electron chi connectivity index (χ1n) is 6.18. The summed E-state index contributed by atoms with van der Waals surface area (Å²) in [6.07, 6.45) is 3.76. The van der Waals surface area contributed by atoms with Crippen molar-refractivity contribution in [3.05, 3.63) is 29.8 Å². The number of methoxy groups -OCH3 is 1. The van der Waals surface area contributed by atoms with E-state index in [0.717, 1.165) is 18.9 Å². The highest BCUT2D eigenvalue weighted by Gasteiger charge is 2.31. The summed E-state index contributed by atoms with van der Waals surface area (Å²) in [5.41, 5.74) is 2.67. The van der Waals surface area contributed by atoms with Crippen molar-refractivity contribution < 1.29 is 4.74 Å². The van der Waals surface area contributed by atoms with Crippen molar-refractivity contribution in [3.8, 4) is 0 Å². The van der Waals surface area contributed by atoms with Gasteiger partial charge in [-0.25, -0.2) is 0 Å². The van der Waals surface area contributed by atoms with Crippen LogP contribution >= 0.6 is 0 Å². The number of hydrogen-bond donors (Lipinski definition) is 1. The molecule has 1 fully saturated rings. The van der Waals surface area contributed by atoms with Gasteiger partial charge in [0.15, 0.2) is 0 Å². The maximum absolute atomic E-state index is 5.29. The van der Waals surface area contributed by atoms with E-state index in [-0.39, 0.29) is 0 Å². The van der Waals surface area contributed by atoms with E-state index >= 15 is 0 Å². The normalized spacial score (nSPS) is 17.1. The van der Waals surface area contributed by atoms with E-state index in [4.69, 9.17) is 4.74 Å². The smallest absolute Gasteiger partial charge is 0.0666 e. The van der Waals surface area contributed by atoms with Gasteiger partial charge in [-0.15, -0.1) is 0 Å². The lowest BCUT2D eigenvalue weighted by Gasteiger charge is -2.20. The maximum atomic E-state index is 5.29. The van der Waals surface area contributed by atoms with Gasteiger partial charge in [-0.05, 0) is 36.8 Å². The number of aryl methyl sites for hydroxylation is 1. The molecule has 2 heteroatoms. The third kappa shape index (κ3) is 2.76. The molecule has 1 aliphatic carbocycles. The van der Waals surface area contributed by atoms with Gasteiger partial charge >= 0.3 is 0 Å². The van der Waals surface area contributed by atoms with Crippen LogP contribution in [0.2, 0.25) is 0 Å². The Hall–Kier alpha value is -1.02. The highest BCUT2D eigenvalue weighted by Crippen LogP contribution is 2.34. The maximum Gasteiger partial charge on any atom is 0.0666 e. The second-order valence-electron chi connectivity index (χ2n) is 4.55. The van der Waals surface area contributed by atoms with Gasteiger partial charge in [0.2, 0.25) is 0 Å². The Labute approximate surface area is 98.0 Å². The van der Waals surface area contributed by atoms with Crippen molar-refractivity contribution in [2.75, 3.05) is 19.0 Å². The second-order valence-corrected chi connectivity index (χ2v) is 4.55. The third-order valence-electron chi connectivity index (χ3n) is 3.28. The van der Waals surface area contributed by atoms with E-state index in [9.17, 15) is 0 Å². The van der Waals surface area contributed by atoms with Gasteiger partial charge in [0.25, 0.3) is 0 Å². The van der Waals surface area contributed by atoms with Crippen LogP contribution in [0.1, 0.15) is 25.3 Å². The van der Waals surface area contributed by atoms with Gasteiger partial charge in [-0.2, -0.15) is 0 Å². The first-order chi connectivity index (χ1) is 7.85. The molecule has 1 saturated carbocycles. The van der Waals surface area contributed by atoms with E-state index in [0.29, 0.717) is 6.04 Å². The van der Waals surface area contributed by atoms with E-state index in [1.54, 1.807) is 7.11 Å². The van der Waals surface area contributed by atoms with Crippen molar-refractivity contribution in [1.29, 1.82) is 0 Å². The summed E-state index contributed by atoms with van der Waals surface area (Å²) in [6.45, 7) is 3.01. The fraction of sp³-hybridized carbons (Fsp3) is 0.571. The van der Waals surface area contributed by atoms with Crippen molar-refractivity contribution in [2.24, 2.45) is 5.92 Å². The molecule has 1 N–H and O–H groups in total. The van der Waals surface area contributed by atoms with Crippen LogP contribution in [0.4, 0.5) is 5.69 Å². The lowest BCUT2D eigenvalue weighted by Crippen LogP contribution is -2.27. The standard InChI is InChI=1S/C14H21NO/c1-3-11-6-4-5-7-13(11)15-14(10-16-2)12-8-9-12/h4-7,12,14-15H,3,8-10H2,1-2H3. The molecule has 0 bridgehead atoms. The minimum Gasteiger partial charge on any atom is -0.383 e. The van der Waals surface area contributed by atoms with Gasteiger partial charge in [-0.3, -0.25) is 0 Å². The highest BCUT2D eigenvalue weighted by atomic mass is 16.5. The number of hydrogen-bond acceptors (Lipinski definition) is 2. The molecule has 0 saturated heterocycles. The van der Waals surface area contributed by atoms with Crippen molar-refractivity contribution in [2.45, 2.75) is 32.2 Å². The Kier molecular flexibility index (Phi) is 3.83. The second kappa shape index (κ2) is 5.35. The van der Waals surface area contributed by atoms with Crippen LogP contribution in [-0.4, -0.2) is 19.8 Å². The Balaban J connectivity index is 2.05. The molecular formula is C14H21NO. The van der Waals surface area contributed by atoms with Gasteiger partial charge in [0.1, 0.15) is 0 Å². The fourth-order valence-electron chi connectivity index (χ4n) is 2.14. The fourth-order valence-corrected chi connectivity index (χ4v) is 2.14. The van der Waals surface area contributed by atoms with Crippen molar-refractivity contribution >= 4 is 5.69 Å². The summed E-state index contributed by atoms with van der Waals surface area (Å²) in [5.74, 6) is 0.810. The number of ether oxygens (including phenoxy) is 1. The number of para-hydroxylation sites is 1. The predicted molar refractivity (Wildman–Crippen MR) is 67.8 cm³/mol. The van der Waals surface area contributed by atoms with Gasteiger partial charge in [-0.1, -0.05) is 25.1 Å². The summed E-state index contributed by atoms with van der Waals surface area (Å²) in [4.78, 5) is 0. The molecule has 1 aromatic rings. The zero-order valence-electron chi connectivity index (χ0n) is 10.2. The lowest BCUT2D eigenvalue weighted by molar-refractivity contribution is 0.179. The monoisotopic (exact) mass is 219 g/mol. The highest BCUT2D eigenvalue weighted by molar-refractivity contribution is 5.52. The molecule has 1 atom stereocenters. The Morgan fingerprint density at radius 3 is 2.75 bits per heavy atom. The molecule has 1 aliphatic rings. The Morgan fingerprint density at radius 1 is 1.38 bits per heavy atom. The Bertz CT molecular complexity index is 333. The van der Waals surface area contributed by atoms with Crippen LogP contribution in [-0.2, 0) is 11.2 Å². The van der Waals surface area contributed by atoms with E-state index in [1.165, 1.54) is 24.1 Å². The largest absolute Gasteiger partial charge is 0.383 e. The molecule has 0 heterocycles. The van der Waals surface area contributed by atoms with E-state index < -0.39 is 0 Å². The van der Waals surface area contributed by atoms with Crippen LogP contribution in [0.25, 0.3) is 0 Å². The number of anilines is 1. The topological polar surface area (TPSA) is 21.3 Å². The van der Waals surface area contributed by atoms with Crippen molar-refractivity contribution in [1.82, 2.24) is 0 Å². The van der Waals surface area contributed by atoms with Crippen LogP contribution in [0, 0.1) is 5.92 Å². The number of rotatable bonds is 6. The molecule has 2 nitrogen and oxygen atoms in total. The molecular weight excluding hydrogens is 198 g/mol. The van der Waals surface area contributed by atoms with E-state index in [2.05, 4.69) is 36.5 Å². The summed E-state index contributed by atoms with van der Waals surface area (Å²) in [5, 5.41) is 3.64. The molecule has 0 amide bonds. The molecule has 1 aromatic carbocycles. The molecule has 16 heavy (non-hydrogen) atoms. The molecule has 0 aliphatic heterocycles. The van der Waals surface area contributed by atoms with Gasteiger partial charge in [0, 0.05) is 12.8 Å². The molecule has 0 radical (unpaired) electrons. The summed E-state index contributed by atoms with van der Waals surface area (Å²) >= 11 is 0. The average molecular weight is 219 g/mol. The quantitative estimate of drug-likeness (QED) is 0.794. The van der Waals surface area contributed by atoms with Crippen LogP contribution in [0.15, 0.2) is 24.3 Å². The Morgan fingerprint density at radius 2 is 2.12 bits per heavy atom. The average Bonchev–Trinajstić information content (AvgIpc) is 3.13. The zero-order valence-corrected chi connectivity index (χ0v) is 10.2. The molecule has 2 rings (SSSR count). The first kappa shape index (κ1) is 11.5. The minimum atomic E-state index is 0.484. The van der Waals surface area contributed by atoms with Crippen LogP contribution in [0.5, 0.6) is 0 Å². The summed E-state index contributed by atoms with van der Waals surface area (Å²) < 4.78 is 5.29. The number of nitrogens with one attached hydrogen (secondary N) is 1. The van der Waals surface area contributed by atoms with Crippen LogP contribution in [0.3, 0.4) is 0 Å². The molecule has 0 spiro atoms. The van der Waals surface area contributed by atoms with Gasteiger partial charge in [0.05, 0.1) is 12.6 Å². The summed E-state index contributed by atoms with van der Waals surface area (Å²) in [6, 6.07) is 9.05. The lowest BCUT2D eigenvalue weighted by atomic mass is 10.1. The summed E-state index contributed by atoms with van der Waals surface area (Å²) in [7, 11) is 1.78. The third-order valence-corrected chi connectivity index (χ3v) is 3.28. The van der Waals surface area contributed by atoms with Crippen molar-refractivity contribution in [3.63, 3.8) is 0 Å².